The Labute approximate surface area is 190 Å². The van der Waals surface area contributed by atoms with Crippen molar-refractivity contribution < 1.29 is 14.3 Å². The minimum absolute atomic E-state index is 0.0293. The number of anilines is 1. The quantitative estimate of drug-likeness (QED) is 0.432. The minimum atomic E-state index is -0.396. The average Bonchev–Trinajstić information content (AvgIpc) is 3.25. The van der Waals surface area contributed by atoms with Crippen LogP contribution in [0.5, 0.6) is 5.75 Å². The van der Waals surface area contributed by atoms with Gasteiger partial charge >= 0.3 is 0 Å². The van der Waals surface area contributed by atoms with E-state index in [0.29, 0.717) is 17.1 Å². The van der Waals surface area contributed by atoms with Crippen LogP contribution >= 0.6 is 0 Å². The second kappa shape index (κ2) is 9.32. The van der Waals surface area contributed by atoms with E-state index in [2.05, 4.69) is 15.4 Å². The minimum Gasteiger partial charge on any atom is -0.497 e. The predicted octanol–water partition coefficient (Wildman–Crippen LogP) is 4.21. The molecule has 2 heterocycles. The molecule has 0 radical (unpaired) electrons. The maximum atomic E-state index is 12.6. The highest BCUT2D eigenvalue weighted by Crippen LogP contribution is 2.24. The van der Waals surface area contributed by atoms with Crippen LogP contribution in [0, 0.1) is 18.3 Å². The van der Waals surface area contributed by atoms with Crippen molar-refractivity contribution in [2.75, 3.05) is 12.4 Å². The maximum absolute atomic E-state index is 12.6. The van der Waals surface area contributed by atoms with Crippen molar-refractivity contribution in [3.8, 4) is 17.6 Å². The molecule has 0 spiro atoms. The molecule has 164 valence electrons. The lowest BCUT2D eigenvalue weighted by Gasteiger charge is -2.11. The van der Waals surface area contributed by atoms with Crippen LogP contribution in [0.4, 0.5) is 5.82 Å². The van der Waals surface area contributed by atoms with Crippen molar-refractivity contribution in [2.24, 2.45) is 0 Å². The molecule has 1 amide bonds. The third-order valence-corrected chi connectivity index (χ3v) is 5.27. The molecule has 2 aromatic carbocycles. The number of benzene rings is 2. The van der Waals surface area contributed by atoms with Crippen LogP contribution in [0.3, 0.4) is 0 Å². The number of carbonyl (C=O) groups excluding carboxylic acids is 2. The first-order valence-electron chi connectivity index (χ1n) is 10.3. The van der Waals surface area contributed by atoms with Crippen molar-refractivity contribution in [3.63, 3.8) is 0 Å². The molecule has 0 fully saturated rings. The van der Waals surface area contributed by atoms with Gasteiger partial charge in [-0.05, 0) is 48.9 Å². The Morgan fingerprint density at radius 3 is 2.61 bits per heavy atom. The molecule has 0 bridgehead atoms. The Morgan fingerprint density at radius 1 is 1.12 bits per heavy atom. The Bertz CT molecular complexity index is 1380. The van der Waals surface area contributed by atoms with Gasteiger partial charge in [0.1, 0.15) is 17.4 Å². The fourth-order valence-electron chi connectivity index (χ4n) is 3.51. The summed E-state index contributed by atoms with van der Waals surface area (Å²) in [7, 11) is 1.55. The van der Waals surface area contributed by atoms with Crippen LogP contribution in [-0.4, -0.2) is 33.6 Å². The number of hydrogen-bond donors (Lipinski definition) is 1. The summed E-state index contributed by atoms with van der Waals surface area (Å²) in [5.74, 6) is 0.805. The second-order valence-corrected chi connectivity index (χ2v) is 7.44. The summed E-state index contributed by atoms with van der Waals surface area (Å²) >= 11 is 0. The largest absolute Gasteiger partial charge is 0.497 e. The number of fused-ring (bicyclic) bond motifs is 1. The molecule has 2 aromatic heterocycles. The zero-order valence-electron chi connectivity index (χ0n) is 18.2. The lowest BCUT2D eigenvalue weighted by atomic mass is 10.1. The van der Waals surface area contributed by atoms with Crippen LogP contribution in [0.2, 0.25) is 0 Å². The first-order valence-corrected chi connectivity index (χ1v) is 10.3. The topological polar surface area (TPSA) is 110 Å². The van der Waals surface area contributed by atoms with E-state index in [9.17, 15) is 14.9 Å². The average molecular weight is 439 g/mol. The van der Waals surface area contributed by atoms with Gasteiger partial charge in [0.25, 0.3) is 0 Å². The molecule has 8 nitrogen and oxygen atoms in total. The highest BCUT2D eigenvalue weighted by Gasteiger charge is 2.18. The molecule has 0 aliphatic heterocycles. The van der Waals surface area contributed by atoms with Gasteiger partial charge in [-0.2, -0.15) is 15.0 Å². The SMILES string of the molecule is COc1ccc(C(=O)CCC(=O)Nc2c(C#N)cnn2-c2cc(C)c3ccccc3n2)cc1. The number of nitrogens with zero attached hydrogens (tertiary/aromatic N) is 4. The number of amides is 1. The number of aromatic nitrogens is 3. The smallest absolute Gasteiger partial charge is 0.226 e. The summed E-state index contributed by atoms with van der Waals surface area (Å²) in [5.41, 5.74) is 2.48. The second-order valence-electron chi connectivity index (χ2n) is 7.44. The van der Waals surface area contributed by atoms with Gasteiger partial charge < -0.3 is 10.1 Å². The van der Waals surface area contributed by atoms with E-state index < -0.39 is 5.91 Å². The number of rotatable bonds is 7. The van der Waals surface area contributed by atoms with Gasteiger partial charge in [0.2, 0.25) is 5.91 Å². The molecular weight excluding hydrogens is 418 g/mol. The Hall–Kier alpha value is -4.51. The number of ether oxygens (including phenoxy) is 1. The van der Waals surface area contributed by atoms with Gasteiger partial charge in [0.05, 0.1) is 18.8 Å². The van der Waals surface area contributed by atoms with Crippen molar-refractivity contribution in [1.29, 1.82) is 5.26 Å². The Morgan fingerprint density at radius 2 is 1.88 bits per heavy atom. The molecular formula is C25H21N5O3. The van der Waals surface area contributed by atoms with Gasteiger partial charge in [-0.3, -0.25) is 9.59 Å². The summed E-state index contributed by atoms with van der Waals surface area (Å²) in [6, 6.07) is 18.3. The summed E-state index contributed by atoms with van der Waals surface area (Å²) < 4.78 is 6.52. The Kier molecular flexibility index (Phi) is 6.13. The van der Waals surface area contributed by atoms with Crippen LogP contribution < -0.4 is 10.1 Å². The summed E-state index contributed by atoms with van der Waals surface area (Å²) in [5, 5.41) is 17.5. The number of hydrogen-bond acceptors (Lipinski definition) is 6. The van der Waals surface area contributed by atoms with E-state index in [4.69, 9.17) is 4.74 Å². The normalized spacial score (nSPS) is 10.6. The van der Waals surface area contributed by atoms with Crippen LogP contribution in [0.1, 0.15) is 34.3 Å². The molecule has 0 saturated heterocycles. The van der Waals surface area contributed by atoms with Crippen molar-refractivity contribution in [2.45, 2.75) is 19.8 Å². The number of Topliss-reactive ketones (excluding diaryl/α,β-unsaturated/α-hetero) is 1. The Balaban J connectivity index is 1.52. The van der Waals surface area contributed by atoms with Gasteiger partial charge in [-0.25, -0.2) is 4.98 Å². The maximum Gasteiger partial charge on any atom is 0.226 e. The van der Waals surface area contributed by atoms with Crippen molar-refractivity contribution in [3.05, 3.63) is 77.5 Å². The molecule has 0 atom stereocenters. The number of pyridine rings is 1. The van der Waals surface area contributed by atoms with Gasteiger partial charge in [0.15, 0.2) is 17.4 Å². The highest BCUT2D eigenvalue weighted by atomic mass is 16.5. The fourth-order valence-corrected chi connectivity index (χ4v) is 3.51. The van der Waals surface area contributed by atoms with E-state index in [1.807, 2.05) is 43.3 Å². The number of para-hydroxylation sites is 1. The highest BCUT2D eigenvalue weighted by molar-refractivity contribution is 6.00. The lowest BCUT2D eigenvalue weighted by molar-refractivity contribution is -0.116. The number of nitrogens with one attached hydrogen (secondary N) is 1. The molecule has 0 aliphatic rings. The summed E-state index contributed by atoms with van der Waals surface area (Å²) in [4.78, 5) is 29.7. The van der Waals surface area contributed by atoms with E-state index >= 15 is 0 Å². The molecule has 1 N–H and O–H groups in total. The number of methoxy groups -OCH3 is 1. The van der Waals surface area contributed by atoms with Gasteiger partial charge in [-0.15, -0.1) is 0 Å². The van der Waals surface area contributed by atoms with Crippen molar-refractivity contribution in [1.82, 2.24) is 14.8 Å². The first-order chi connectivity index (χ1) is 16.0. The standard InChI is InChI=1S/C25H21N5O3/c1-16-13-23(28-21-6-4-3-5-20(16)21)30-25(18(14-26)15-27-30)29-24(32)12-11-22(31)17-7-9-19(33-2)10-8-17/h3-10,13,15H,11-12H2,1-2H3,(H,29,32). The third-order valence-electron chi connectivity index (χ3n) is 5.27. The van der Waals surface area contributed by atoms with Crippen LogP contribution in [0.25, 0.3) is 16.7 Å². The van der Waals surface area contributed by atoms with Crippen LogP contribution in [0.15, 0.2) is 60.8 Å². The fraction of sp³-hybridized carbons (Fsp3) is 0.160. The number of ketones is 1. The predicted molar refractivity (Wildman–Crippen MR) is 124 cm³/mol. The zero-order chi connectivity index (χ0) is 23.4. The molecule has 0 saturated carbocycles. The monoisotopic (exact) mass is 439 g/mol. The van der Waals surface area contributed by atoms with Crippen molar-refractivity contribution >= 4 is 28.4 Å². The summed E-state index contributed by atoms with van der Waals surface area (Å²) in [6.07, 6.45) is 1.37. The molecule has 4 rings (SSSR count). The third kappa shape index (κ3) is 4.57. The first kappa shape index (κ1) is 21.7. The van der Waals surface area contributed by atoms with E-state index in [1.54, 1.807) is 31.4 Å². The van der Waals surface area contributed by atoms with Crippen LogP contribution in [-0.2, 0) is 4.79 Å². The van der Waals surface area contributed by atoms with Gasteiger partial charge in [-0.1, -0.05) is 18.2 Å². The zero-order valence-corrected chi connectivity index (χ0v) is 18.2. The molecule has 0 unspecified atom stereocenters. The van der Waals surface area contributed by atoms with E-state index in [1.165, 1.54) is 10.9 Å². The molecule has 0 aliphatic carbocycles. The molecule has 4 aromatic rings. The number of aryl methyl sites for hydroxylation is 1. The number of carbonyl (C=O) groups is 2. The molecule has 33 heavy (non-hydrogen) atoms. The summed E-state index contributed by atoms with van der Waals surface area (Å²) in [6.45, 7) is 1.96. The van der Waals surface area contributed by atoms with E-state index in [0.717, 1.165) is 16.5 Å². The van der Waals surface area contributed by atoms with E-state index in [-0.39, 0.29) is 30.0 Å². The van der Waals surface area contributed by atoms with Gasteiger partial charge in [0, 0.05) is 23.8 Å². The molecule has 8 heteroatoms. The lowest BCUT2D eigenvalue weighted by Crippen LogP contribution is -2.17. The number of nitriles is 1.